The summed E-state index contributed by atoms with van der Waals surface area (Å²) < 4.78 is 12.7. The number of halogens is 1. The fourth-order valence-corrected chi connectivity index (χ4v) is 1.02. The number of rotatable bonds is 4. The maximum atomic E-state index is 12.7. The SMILES string of the molecule is CN(C)CCNC(=O)c1cccc([18F])n1. The van der Waals surface area contributed by atoms with E-state index < -0.39 is 5.95 Å². The number of nitrogens with one attached hydrogen (secondary N) is 1. The molecule has 0 saturated heterocycles. The molecule has 0 atom stereocenters. The molecular weight excluding hydrogens is 196 g/mol. The number of carbonyl (C=O) groups excluding carboxylic acids is 1. The Labute approximate surface area is 88.1 Å². The van der Waals surface area contributed by atoms with Crippen LogP contribution in [0.4, 0.5) is 4.39 Å². The van der Waals surface area contributed by atoms with Crippen LogP contribution in [0.3, 0.4) is 0 Å². The second-order valence-electron chi connectivity index (χ2n) is 3.40. The van der Waals surface area contributed by atoms with Crippen molar-refractivity contribution in [3.8, 4) is 0 Å². The van der Waals surface area contributed by atoms with Gasteiger partial charge in [0.2, 0.25) is 5.95 Å². The third-order valence-electron chi connectivity index (χ3n) is 1.79. The van der Waals surface area contributed by atoms with E-state index in [1.807, 2.05) is 19.0 Å². The third-order valence-corrected chi connectivity index (χ3v) is 1.79. The van der Waals surface area contributed by atoms with Gasteiger partial charge in [0.25, 0.3) is 5.91 Å². The lowest BCUT2D eigenvalue weighted by Gasteiger charge is -2.09. The van der Waals surface area contributed by atoms with Crippen molar-refractivity contribution in [3.05, 3.63) is 29.8 Å². The van der Waals surface area contributed by atoms with Crippen molar-refractivity contribution in [2.45, 2.75) is 0 Å². The van der Waals surface area contributed by atoms with Crippen molar-refractivity contribution in [1.29, 1.82) is 0 Å². The van der Waals surface area contributed by atoms with Crippen LogP contribution in [-0.4, -0.2) is 43.0 Å². The first-order valence-corrected chi connectivity index (χ1v) is 4.65. The Morgan fingerprint density at radius 2 is 2.27 bits per heavy atom. The highest BCUT2D eigenvalue weighted by molar-refractivity contribution is 5.92. The highest BCUT2D eigenvalue weighted by Gasteiger charge is 2.06. The molecule has 0 fully saturated rings. The van der Waals surface area contributed by atoms with Crippen molar-refractivity contribution in [1.82, 2.24) is 15.2 Å². The zero-order chi connectivity index (χ0) is 11.3. The van der Waals surface area contributed by atoms with E-state index in [0.29, 0.717) is 6.54 Å². The Bertz CT molecular complexity index is 341. The Morgan fingerprint density at radius 3 is 2.87 bits per heavy atom. The van der Waals surface area contributed by atoms with E-state index in [-0.39, 0.29) is 11.6 Å². The van der Waals surface area contributed by atoms with Crippen LogP contribution in [0, 0.1) is 5.95 Å². The predicted molar refractivity (Wildman–Crippen MR) is 55.1 cm³/mol. The first kappa shape index (κ1) is 11.6. The molecule has 1 N–H and O–H groups in total. The minimum Gasteiger partial charge on any atom is -0.349 e. The summed E-state index contributed by atoms with van der Waals surface area (Å²) in [6.07, 6.45) is 0. The zero-order valence-electron chi connectivity index (χ0n) is 8.83. The smallest absolute Gasteiger partial charge is 0.270 e. The normalized spacial score (nSPS) is 10.4. The number of carbonyl (C=O) groups is 1. The molecule has 0 spiro atoms. The summed E-state index contributed by atoms with van der Waals surface area (Å²) >= 11 is 0. The number of hydrogen-bond donors (Lipinski definition) is 1. The van der Waals surface area contributed by atoms with E-state index in [1.165, 1.54) is 18.2 Å². The van der Waals surface area contributed by atoms with E-state index in [2.05, 4.69) is 10.3 Å². The number of amides is 1. The molecule has 82 valence electrons. The molecule has 4 nitrogen and oxygen atoms in total. The molecule has 15 heavy (non-hydrogen) atoms. The van der Waals surface area contributed by atoms with Crippen LogP contribution in [0.5, 0.6) is 0 Å². The first-order valence-electron chi connectivity index (χ1n) is 4.65. The van der Waals surface area contributed by atoms with Crippen molar-refractivity contribution in [2.75, 3.05) is 27.2 Å². The number of hydrogen-bond acceptors (Lipinski definition) is 3. The lowest BCUT2D eigenvalue weighted by molar-refractivity contribution is 0.0945. The summed E-state index contributed by atoms with van der Waals surface area (Å²) in [6, 6.07) is 4.15. The van der Waals surface area contributed by atoms with Crippen LogP contribution in [0.1, 0.15) is 10.5 Å². The van der Waals surface area contributed by atoms with E-state index in [4.69, 9.17) is 0 Å². The molecular formula is C10H14FN3O. The third kappa shape index (κ3) is 4.03. The fraction of sp³-hybridized carbons (Fsp3) is 0.400. The molecule has 1 rings (SSSR count). The lowest BCUT2D eigenvalue weighted by Crippen LogP contribution is -2.31. The van der Waals surface area contributed by atoms with Gasteiger partial charge in [0.1, 0.15) is 5.69 Å². The lowest BCUT2D eigenvalue weighted by atomic mass is 10.3. The molecule has 0 bridgehead atoms. The van der Waals surface area contributed by atoms with E-state index in [0.717, 1.165) is 6.54 Å². The molecule has 1 aromatic heterocycles. The zero-order valence-corrected chi connectivity index (χ0v) is 8.83. The summed E-state index contributed by atoms with van der Waals surface area (Å²) in [5.41, 5.74) is 0.105. The van der Waals surface area contributed by atoms with Gasteiger partial charge in [0, 0.05) is 13.1 Å². The first-order chi connectivity index (χ1) is 7.09. The van der Waals surface area contributed by atoms with Gasteiger partial charge in [-0.1, -0.05) is 6.07 Å². The van der Waals surface area contributed by atoms with Crippen molar-refractivity contribution in [2.24, 2.45) is 0 Å². The monoisotopic (exact) mass is 210 g/mol. The van der Waals surface area contributed by atoms with Gasteiger partial charge < -0.3 is 10.2 Å². The quantitative estimate of drug-likeness (QED) is 0.736. The average molecular weight is 210 g/mol. The van der Waals surface area contributed by atoms with Gasteiger partial charge in [-0.3, -0.25) is 4.79 Å². The van der Waals surface area contributed by atoms with Crippen LogP contribution in [0.2, 0.25) is 0 Å². The van der Waals surface area contributed by atoms with Crippen LogP contribution in [0.15, 0.2) is 18.2 Å². The van der Waals surface area contributed by atoms with Gasteiger partial charge >= 0.3 is 0 Å². The molecule has 1 aromatic rings. The second kappa shape index (κ2) is 5.41. The van der Waals surface area contributed by atoms with Crippen LogP contribution in [-0.2, 0) is 0 Å². The molecule has 0 radical (unpaired) electrons. The van der Waals surface area contributed by atoms with E-state index in [9.17, 15) is 9.18 Å². The minimum absolute atomic E-state index is 0.105. The van der Waals surface area contributed by atoms with Crippen LogP contribution in [0.25, 0.3) is 0 Å². The highest BCUT2D eigenvalue weighted by Crippen LogP contribution is 1.97. The molecule has 0 saturated carbocycles. The predicted octanol–water partition coefficient (Wildman–Crippen LogP) is 0.512. The molecule has 1 heterocycles. The Kier molecular flexibility index (Phi) is 4.17. The molecule has 5 heteroatoms. The standard InChI is InChI=1S/C10H14FN3O/c1-14(2)7-6-12-10(15)8-4-3-5-9(11)13-8/h3-5H,6-7H2,1-2H3,(H,12,15)/i11-1. The van der Waals surface area contributed by atoms with Crippen LogP contribution >= 0.6 is 0 Å². The van der Waals surface area contributed by atoms with E-state index >= 15 is 0 Å². The summed E-state index contributed by atoms with van der Waals surface area (Å²) in [5.74, 6) is -0.994. The summed E-state index contributed by atoms with van der Waals surface area (Å²) in [7, 11) is 3.82. The maximum Gasteiger partial charge on any atom is 0.270 e. The van der Waals surface area contributed by atoms with E-state index in [1.54, 1.807) is 0 Å². The minimum atomic E-state index is -0.643. The van der Waals surface area contributed by atoms with Crippen molar-refractivity contribution < 1.29 is 9.18 Å². The van der Waals surface area contributed by atoms with Gasteiger partial charge in [0.05, 0.1) is 0 Å². The molecule has 0 aliphatic heterocycles. The average Bonchev–Trinajstić information content (AvgIpc) is 2.17. The van der Waals surface area contributed by atoms with Crippen LogP contribution < -0.4 is 5.32 Å². The highest BCUT2D eigenvalue weighted by atomic mass is 18.2. The van der Waals surface area contributed by atoms with Gasteiger partial charge in [-0.15, -0.1) is 0 Å². The van der Waals surface area contributed by atoms with Gasteiger partial charge in [-0.2, -0.15) is 4.39 Å². The fourth-order valence-electron chi connectivity index (χ4n) is 1.02. The van der Waals surface area contributed by atoms with Crippen molar-refractivity contribution in [3.63, 3.8) is 0 Å². The van der Waals surface area contributed by atoms with Gasteiger partial charge in [-0.05, 0) is 26.2 Å². The number of likely N-dealkylation sites (N-methyl/N-ethyl adjacent to an activating group) is 1. The molecule has 0 aliphatic carbocycles. The topological polar surface area (TPSA) is 45.2 Å². The Hall–Kier alpha value is -1.49. The number of aromatic nitrogens is 1. The summed E-state index contributed by atoms with van der Waals surface area (Å²) in [5, 5.41) is 2.65. The summed E-state index contributed by atoms with van der Waals surface area (Å²) in [4.78, 5) is 16.8. The largest absolute Gasteiger partial charge is 0.349 e. The number of nitrogens with zero attached hydrogens (tertiary/aromatic N) is 2. The molecule has 0 aliphatic rings. The number of pyridine rings is 1. The molecule has 0 aromatic carbocycles. The second-order valence-corrected chi connectivity index (χ2v) is 3.40. The van der Waals surface area contributed by atoms with Gasteiger partial charge in [-0.25, -0.2) is 4.98 Å². The van der Waals surface area contributed by atoms with Gasteiger partial charge in [0.15, 0.2) is 0 Å². The molecule has 0 unspecified atom stereocenters. The van der Waals surface area contributed by atoms with Crippen molar-refractivity contribution >= 4 is 5.91 Å². The Balaban J connectivity index is 2.47. The Morgan fingerprint density at radius 1 is 1.53 bits per heavy atom. The molecule has 1 amide bonds. The maximum absolute atomic E-state index is 12.7. The summed E-state index contributed by atoms with van der Waals surface area (Å²) in [6.45, 7) is 1.26.